The van der Waals surface area contributed by atoms with E-state index in [1.807, 2.05) is 38.1 Å². The summed E-state index contributed by atoms with van der Waals surface area (Å²) in [4.78, 5) is 14.0. The molecule has 3 heterocycles. The number of halogens is 3. The van der Waals surface area contributed by atoms with Gasteiger partial charge in [0.05, 0.1) is 39.0 Å². The highest BCUT2D eigenvalue weighted by molar-refractivity contribution is 6.12. The van der Waals surface area contributed by atoms with Crippen LogP contribution in [0.4, 0.5) is 13.2 Å². The Morgan fingerprint density at radius 2 is 0.867 bits per heavy atom. The Morgan fingerprint density at radius 3 is 1.37 bits per heavy atom. The Morgan fingerprint density at radius 1 is 0.400 bits per heavy atom. The van der Waals surface area contributed by atoms with E-state index < -0.39 is 11.7 Å². The number of fused-ring (bicyclic) bond motifs is 6. The topological polar surface area (TPSA) is 48.5 Å². The van der Waals surface area contributed by atoms with Crippen LogP contribution >= 0.6 is 0 Å². The lowest BCUT2D eigenvalue weighted by molar-refractivity contribution is -0.137. The average molecular weight is 792 g/mol. The fourth-order valence-corrected chi connectivity index (χ4v) is 8.95. The van der Waals surface area contributed by atoms with E-state index in [-0.39, 0.29) is 5.56 Å². The molecule has 60 heavy (non-hydrogen) atoms. The van der Waals surface area contributed by atoms with Gasteiger partial charge < -0.3 is 9.13 Å². The van der Waals surface area contributed by atoms with E-state index in [2.05, 4.69) is 127 Å². The molecule has 0 aliphatic carbocycles. The molecule has 5 nitrogen and oxygen atoms in total. The van der Waals surface area contributed by atoms with Crippen molar-refractivity contribution in [3.63, 3.8) is 0 Å². The molecule has 3 aromatic heterocycles. The van der Waals surface area contributed by atoms with Gasteiger partial charge >= 0.3 is 6.18 Å². The summed E-state index contributed by atoms with van der Waals surface area (Å²) in [5, 5.41) is 4.41. The van der Waals surface area contributed by atoms with Crippen LogP contribution in [-0.2, 0) is 6.18 Å². The molecule has 0 saturated heterocycles. The van der Waals surface area contributed by atoms with Gasteiger partial charge in [0.1, 0.15) is 11.6 Å². The normalized spacial score (nSPS) is 12.1. The molecule has 294 valence electrons. The van der Waals surface area contributed by atoms with Gasteiger partial charge in [-0.3, -0.25) is 0 Å². The number of alkyl halides is 3. The van der Waals surface area contributed by atoms with Crippen LogP contribution in [0.1, 0.15) is 39.5 Å². The minimum absolute atomic E-state index is 0.114. The van der Waals surface area contributed by atoms with Gasteiger partial charge in [0.2, 0.25) is 0 Å². The smallest absolute Gasteiger partial charge is 0.309 e. The molecule has 0 spiro atoms. The van der Waals surface area contributed by atoms with E-state index in [0.717, 1.165) is 100.0 Å². The summed E-state index contributed by atoms with van der Waals surface area (Å²) in [6.07, 6.45) is -4.55. The summed E-state index contributed by atoms with van der Waals surface area (Å²) >= 11 is 0. The Labute approximate surface area is 345 Å². The van der Waals surface area contributed by atoms with Gasteiger partial charge in [-0.25, -0.2) is 15.0 Å². The highest BCUT2D eigenvalue weighted by atomic mass is 19.4. The van der Waals surface area contributed by atoms with Crippen LogP contribution in [0.25, 0.3) is 88.6 Å². The monoisotopic (exact) mass is 791 g/mol. The lowest BCUT2D eigenvalue weighted by atomic mass is 9.93. The molecule has 8 heteroatoms. The molecule has 0 bridgehead atoms. The molecule has 0 N–H and O–H groups in total. The van der Waals surface area contributed by atoms with Crippen molar-refractivity contribution >= 4 is 43.6 Å². The van der Waals surface area contributed by atoms with Gasteiger partial charge in [0, 0.05) is 38.2 Å². The quantitative estimate of drug-likeness (QED) is 0.174. The predicted octanol–water partition coefficient (Wildman–Crippen LogP) is 13.9. The summed E-state index contributed by atoms with van der Waals surface area (Å²) in [7, 11) is 0. The van der Waals surface area contributed by atoms with Crippen LogP contribution in [0.15, 0.2) is 133 Å². The molecule has 0 fully saturated rings. The molecule has 0 aliphatic rings. The van der Waals surface area contributed by atoms with E-state index in [0.29, 0.717) is 23.0 Å². The van der Waals surface area contributed by atoms with Gasteiger partial charge in [0.25, 0.3) is 0 Å². The Balaban J connectivity index is 1.37. The van der Waals surface area contributed by atoms with Crippen LogP contribution in [0.5, 0.6) is 0 Å². The fourth-order valence-electron chi connectivity index (χ4n) is 8.95. The molecule has 10 aromatic rings. The summed E-state index contributed by atoms with van der Waals surface area (Å²) in [6.45, 7) is 12.1. The van der Waals surface area contributed by atoms with E-state index >= 15 is 0 Å². The number of hydrogen-bond donors (Lipinski definition) is 0. The second-order valence-electron chi connectivity index (χ2n) is 16.0. The number of rotatable bonds is 5. The lowest BCUT2D eigenvalue weighted by Crippen LogP contribution is -2.07. The Bertz CT molecular complexity index is 3250. The zero-order valence-corrected chi connectivity index (χ0v) is 34.1. The first-order valence-electron chi connectivity index (χ1n) is 20.0. The molecule has 10 rings (SSSR count). The number of benzene rings is 7. The van der Waals surface area contributed by atoms with E-state index in [9.17, 15) is 13.2 Å². The highest BCUT2D eigenvalue weighted by Gasteiger charge is 2.34. The minimum atomic E-state index is -4.55. The molecule has 0 saturated carbocycles. The summed E-state index contributed by atoms with van der Waals surface area (Å²) in [5.74, 6) is 1.77. The third kappa shape index (κ3) is 6.13. The van der Waals surface area contributed by atoms with Gasteiger partial charge in [-0.15, -0.1) is 0 Å². The number of aromatic nitrogens is 5. The second kappa shape index (κ2) is 13.8. The maximum atomic E-state index is 14.7. The average Bonchev–Trinajstić information content (AvgIpc) is 3.70. The maximum Gasteiger partial charge on any atom is 0.417 e. The van der Waals surface area contributed by atoms with E-state index in [1.165, 1.54) is 6.07 Å². The van der Waals surface area contributed by atoms with Crippen molar-refractivity contribution in [2.24, 2.45) is 0 Å². The van der Waals surface area contributed by atoms with E-state index in [4.69, 9.17) is 9.97 Å². The van der Waals surface area contributed by atoms with Gasteiger partial charge in [-0.05, 0) is 132 Å². The molecular formula is C52H40F3N5. The number of hydrogen-bond acceptors (Lipinski definition) is 3. The summed E-state index contributed by atoms with van der Waals surface area (Å²) in [6, 6.07) is 43.7. The van der Waals surface area contributed by atoms with Crippen molar-refractivity contribution in [3.8, 4) is 45.0 Å². The first kappa shape index (κ1) is 37.2. The van der Waals surface area contributed by atoms with Crippen LogP contribution in [0, 0.1) is 41.5 Å². The van der Waals surface area contributed by atoms with Gasteiger partial charge in [-0.2, -0.15) is 13.2 Å². The summed E-state index contributed by atoms with van der Waals surface area (Å²) < 4.78 is 48.6. The van der Waals surface area contributed by atoms with Crippen molar-refractivity contribution in [3.05, 3.63) is 173 Å². The minimum Gasteiger partial charge on any atom is -0.309 e. The van der Waals surface area contributed by atoms with Crippen LogP contribution < -0.4 is 0 Å². The maximum absolute atomic E-state index is 14.7. The van der Waals surface area contributed by atoms with Crippen molar-refractivity contribution in [1.82, 2.24) is 24.1 Å². The van der Waals surface area contributed by atoms with Crippen molar-refractivity contribution in [2.75, 3.05) is 0 Å². The highest BCUT2D eigenvalue weighted by Crippen LogP contribution is 2.45. The third-order valence-electron chi connectivity index (χ3n) is 11.6. The van der Waals surface area contributed by atoms with Gasteiger partial charge in [0.15, 0.2) is 5.82 Å². The molecule has 0 amide bonds. The fraction of sp³-hybridized carbons (Fsp3) is 0.135. The second-order valence-corrected chi connectivity index (χ2v) is 16.0. The van der Waals surface area contributed by atoms with Gasteiger partial charge in [-0.1, -0.05) is 76.9 Å². The first-order chi connectivity index (χ1) is 28.8. The molecule has 0 aliphatic heterocycles. The van der Waals surface area contributed by atoms with Crippen molar-refractivity contribution in [2.45, 2.75) is 47.7 Å². The lowest BCUT2D eigenvalue weighted by Gasteiger charge is -2.21. The molecular weight excluding hydrogens is 752 g/mol. The standard InChI is InChI=1S/C52H40F3N5/c1-29-11-18-45-39(23-29)40-24-30(2)12-19-46(40)59(45)49-22-16-36(51-57-33(5)56-34(6)58-51)27-43(49)38-17-15-35(37-9-7-8-10-44(37)52(53,54)55)28-50(38)60-47-20-13-31(3)25-41(47)42-26-32(4)14-21-48(42)60/h7-28H,1-6H3. The summed E-state index contributed by atoms with van der Waals surface area (Å²) in [5.41, 5.74) is 12.6. The van der Waals surface area contributed by atoms with Crippen LogP contribution in [0.3, 0.4) is 0 Å². The zero-order valence-electron chi connectivity index (χ0n) is 34.1. The largest absolute Gasteiger partial charge is 0.417 e. The Hall–Kier alpha value is -7.06. The molecule has 7 aromatic carbocycles. The van der Waals surface area contributed by atoms with Crippen LogP contribution in [-0.4, -0.2) is 24.1 Å². The van der Waals surface area contributed by atoms with E-state index in [1.54, 1.807) is 12.1 Å². The number of aryl methyl sites for hydroxylation is 6. The SMILES string of the molecule is Cc1ccc2c(c1)c1cc(C)ccc1n2-c1ccc(-c2nc(C)nc(C)n2)cc1-c1ccc(-c2ccccc2C(F)(F)F)cc1-n1c2ccc(C)cc2c2cc(C)ccc21. The molecule has 0 atom stereocenters. The van der Waals surface area contributed by atoms with Crippen molar-refractivity contribution < 1.29 is 13.2 Å². The first-order valence-corrected chi connectivity index (χ1v) is 20.0. The Kier molecular flexibility index (Phi) is 8.54. The van der Waals surface area contributed by atoms with Crippen LogP contribution in [0.2, 0.25) is 0 Å². The zero-order chi connectivity index (χ0) is 41.6. The predicted molar refractivity (Wildman–Crippen MR) is 238 cm³/mol. The molecule has 0 unspecified atom stereocenters. The third-order valence-corrected chi connectivity index (χ3v) is 11.6. The van der Waals surface area contributed by atoms with Crippen molar-refractivity contribution in [1.29, 1.82) is 0 Å². The number of nitrogens with zero attached hydrogens (tertiary/aromatic N) is 5. The molecule has 0 radical (unpaired) electrons.